The van der Waals surface area contributed by atoms with Gasteiger partial charge in [-0.3, -0.25) is 4.79 Å². The number of fused-ring (bicyclic) bond motifs is 1. The van der Waals surface area contributed by atoms with E-state index >= 15 is 0 Å². The van der Waals surface area contributed by atoms with Crippen LogP contribution in [-0.4, -0.2) is 24.9 Å². The molecule has 0 aliphatic heterocycles. The standard InChI is InChI=1S/C12H8BClFNO3/c13-19-12(18)8-5-16-10-3-6(1-2-14)9(15)4-7(10)11(8)17/h3-5H,1-2H2,(H,16,17). The van der Waals surface area contributed by atoms with Crippen LogP contribution in [0.3, 0.4) is 0 Å². The lowest BCUT2D eigenvalue weighted by atomic mass is 10.1. The first-order valence-corrected chi connectivity index (χ1v) is 5.92. The fraction of sp³-hybridized carbons (Fsp3) is 0.167. The van der Waals surface area contributed by atoms with Gasteiger partial charge in [0, 0.05) is 23.0 Å². The molecule has 0 saturated carbocycles. The van der Waals surface area contributed by atoms with Gasteiger partial charge in [0.1, 0.15) is 11.4 Å². The van der Waals surface area contributed by atoms with Crippen molar-refractivity contribution in [3.05, 3.63) is 45.5 Å². The van der Waals surface area contributed by atoms with Crippen LogP contribution in [0.5, 0.6) is 0 Å². The number of benzene rings is 1. The summed E-state index contributed by atoms with van der Waals surface area (Å²) in [6.45, 7) is 0. The molecule has 4 nitrogen and oxygen atoms in total. The summed E-state index contributed by atoms with van der Waals surface area (Å²) in [5.74, 6) is -1.25. The van der Waals surface area contributed by atoms with Gasteiger partial charge in [-0.2, -0.15) is 0 Å². The average Bonchev–Trinajstić information content (AvgIpc) is 2.40. The Balaban J connectivity index is 2.68. The van der Waals surface area contributed by atoms with Gasteiger partial charge in [0.2, 0.25) is 5.43 Å². The van der Waals surface area contributed by atoms with E-state index in [-0.39, 0.29) is 16.8 Å². The predicted molar refractivity (Wildman–Crippen MR) is 70.1 cm³/mol. The van der Waals surface area contributed by atoms with Crippen LogP contribution in [0.2, 0.25) is 0 Å². The monoisotopic (exact) mass is 279 g/mol. The van der Waals surface area contributed by atoms with Crippen molar-refractivity contribution < 1.29 is 13.8 Å². The number of alkyl halides is 1. The van der Waals surface area contributed by atoms with Gasteiger partial charge in [-0.15, -0.1) is 11.6 Å². The number of aryl methyl sites for hydroxylation is 1. The molecule has 19 heavy (non-hydrogen) atoms. The summed E-state index contributed by atoms with van der Waals surface area (Å²) in [6, 6.07) is 2.56. The molecule has 0 fully saturated rings. The summed E-state index contributed by atoms with van der Waals surface area (Å²) in [5.41, 5.74) is -0.104. The summed E-state index contributed by atoms with van der Waals surface area (Å²) in [5, 5.41) is 0.0544. The van der Waals surface area contributed by atoms with Gasteiger partial charge < -0.3 is 9.64 Å². The van der Waals surface area contributed by atoms with Crippen LogP contribution >= 0.6 is 11.6 Å². The second-order valence-electron chi connectivity index (χ2n) is 3.86. The molecule has 0 bridgehead atoms. The number of carbonyl (C=O) groups excluding carboxylic acids is 1. The van der Waals surface area contributed by atoms with Crippen molar-refractivity contribution in [1.82, 2.24) is 4.98 Å². The zero-order valence-electron chi connectivity index (χ0n) is 9.70. The van der Waals surface area contributed by atoms with Crippen LogP contribution in [-0.2, 0) is 11.1 Å². The number of carbonyl (C=O) groups is 1. The minimum Gasteiger partial charge on any atom is -0.540 e. The minimum atomic E-state index is -0.978. The molecule has 1 N–H and O–H groups in total. The highest BCUT2D eigenvalue weighted by atomic mass is 35.5. The average molecular weight is 279 g/mol. The van der Waals surface area contributed by atoms with Gasteiger partial charge in [-0.25, -0.2) is 9.18 Å². The quantitative estimate of drug-likeness (QED) is 0.687. The van der Waals surface area contributed by atoms with E-state index in [9.17, 15) is 14.0 Å². The summed E-state index contributed by atoms with van der Waals surface area (Å²) in [4.78, 5) is 26.0. The summed E-state index contributed by atoms with van der Waals surface area (Å²) < 4.78 is 17.7. The molecule has 0 aliphatic carbocycles. The SMILES string of the molecule is [B]OC(=O)c1c[nH]c2cc(CCCl)c(F)cc2c1=O. The third-order valence-electron chi connectivity index (χ3n) is 2.74. The maximum absolute atomic E-state index is 13.7. The fourth-order valence-electron chi connectivity index (χ4n) is 1.79. The van der Waals surface area contributed by atoms with Gasteiger partial charge in [0.15, 0.2) is 0 Å². The lowest BCUT2D eigenvalue weighted by Gasteiger charge is -2.06. The maximum atomic E-state index is 13.7. The molecule has 2 aromatic rings. The molecule has 1 aromatic carbocycles. The van der Waals surface area contributed by atoms with E-state index in [1.54, 1.807) is 0 Å². The number of nitrogens with one attached hydrogen (secondary N) is 1. The molecule has 7 heteroatoms. The molecule has 1 aromatic heterocycles. The molecule has 0 saturated heterocycles. The fourth-order valence-corrected chi connectivity index (χ4v) is 2.00. The number of H-pyrrole nitrogens is 1. The zero-order chi connectivity index (χ0) is 14.0. The molecule has 96 valence electrons. The Labute approximate surface area is 114 Å². The van der Waals surface area contributed by atoms with E-state index in [4.69, 9.17) is 19.7 Å². The molecule has 0 spiro atoms. The van der Waals surface area contributed by atoms with E-state index in [1.807, 2.05) is 0 Å². The first kappa shape index (κ1) is 13.6. The molecule has 2 rings (SSSR count). The summed E-state index contributed by atoms with van der Waals surface area (Å²) >= 11 is 5.56. The van der Waals surface area contributed by atoms with E-state index in [0.717, 1.165) is 6.07 Å². The molecular formula is C12H8BClFNO3. The van der Waals surface area contributed by atoms with Crippen molar-refractivity contribution in [3.8, 4) is 0 Å². The predicted octanol–water partition coefficient (Wildman–Crippen LogP) is 1.69. The number of hydrogen-bond donors (Lipinski definition) is 1. The first-order valence-electron chi connectivity index (χ1n) is 5.39. The second-order valence-corrected chi connectivity index (χ2v) is 4.24. The van der Waals surface area contributed by atoms with Crippen molar-refractivity contribution in [2.75, 3.05) is 5.88 Å². The van der Waals surface area contributed by atoms with Crippen molar-refractivity contribution in [2.45, 2.75) is 6.42 Å². The highest BCUT2D eigenvalue weighted by Gasteiger charge is 2.14. The lowest BCUT2D eigenvalue weighted by Crippen LogP contribution is -2.17. The van der Waals surface area contributed by atoms with Crippen molar-refractivity contribution in [3.63, 3.8) is 0 Å². The van der Waals surface area contributed by atoms with E-state index in [1.165, 1.54) is 12.3 Å². The maximum Gasteiger partial charge on any atom is 0.378 e. The van der Waals surface area contributed by atoms with E-state index in [0.29, 0.717) is 17.5 Å². The third kappa shape index (κ3) is 2.49. The first-order chi connectivity index (χ1) is 9.08. The van der Waals surface area contributed by atoms with Crippen molar-refractivity contribution in [2.24, 2.45) is 0 Å². The molecule has 0 unspecified atom stereocenters. The number of halogens is 2. The van der Waals surface area contributed by atoms with Crippen molar-refractivity contribution >= 4 is 36.5 Å². The Morgan fingerprint density at radius 3 is 2.84 bits per heavy atom. The normalized spacial score (nSPS) is 10.6. The molecule has 0 aliphatic rings. The largest absolute Gasteiger partial charge is 0.540 e. The van der Waals surface area contributed by atoms with Gasteiger partial charge in [-0.05, 0) is 24.1 Å². The Morgan fingerprint density at radius 2 is 2.21 bits per heavy atom. The Bertz CT molecular complexity index is 701. The van der Waals surface area contributed by atoms with Gasteiger partial charge >= 0.3 is 14.0 Å². The molecular weight excluding hydrogens is 271 g/mol. The van der Waals surface area contributed by atoms with Gasteiger partial charge in [-0.1, -0.05) is 0 Å². The van der Waals surface area contributed by atoms with Crippen LogP contribution in [0.1, 0.15) is 15.9 Å². The number of pyridine rings is 1. The second kappa shape index (κ2) is 5.44. The number of aromatic nitrogens is 1. The van der Waals surface area contributed by atoms with Crippen molar-refractivity contribution in [1.29, 1.82) is 0 Å². The Hall–Kier alpha value is -1.82. The van der Waals surface area contributed by atoms with E-state index in [2.05, 4.69) is 9.64 Å². The zero-order valence-corrected chi connectivity index (χ0v) is 10.5. The van der Waals surface area contributed by atoms with Crippen LogP contribution in [0.4, 0.5) is 4.39 Å². The van der Waals surface area contributed by atoms with Gasteiger partial charge in [0.25, 0.3) is 0 Å². The van der Waals surface area contributed by atoms with Crippen LogP contribution < -0.4 is 5.43 Å². The molecule has 0 atom stereocenters. The molecule has 0 amide bonds. The Morgan fingerprint density at radius 1 is 1.47 bits per heavy atom. The summed E-state index contributed by atoms with van der Waals surface area (Å²) in [6.07, 6.45) is 1.53. The van der Waals surface area contributed by atoms with Gasteiger partial charge in [0.05, 0.1) is 0 Å². The summed E-state index contributed by atoms with van der Waals surface area (Å²) in [7, 11) is 4.72. The highest BCUT2D eigenvalue weighted by molar-refractivity contribution is 6.18. The number of rotatable bonds is 3. The highest BCUT2D eigenvalue weighted by Crippen LogP contribution is 2.16. The minimum absolute atomic E-state index is 0.0544. The smallest absolute Gasteiger partial charge is 0.378 e. The Kier molecular flexibility index (Phi) is 3.90. The number of aromatic amines is 1. The van der Waals surface area contributed by atoms with Crippen LogP contribution in [0.15, 0.2) is 23.1 Å². The third-order valence-corrected chi connectivity index (χ3v) is 2.93. The topological polar surface area (TPSA) is 59.2 Å². The lowest BCUT2D eigenvalue weighted by molar-refractivity contribution is 0.0748. The van der Waals surface area contributed by atoms with E-state index < -0.39 is 17.2 Å². The van der Waals surface area contributed by atoms with Crippen LogP contribution in [0.25, 0.3) is 10.9 Å². The number of hydrogen-bond acceptors (Lipinski definition) is 3. The molecule has 2 radical (unpaired) electrons. The molecule has 1 heterocycles. The van der Waals surface area contributed by atoms with Crippen LogP contribution in [0, 0.1) is 5.82 Å².